The number of aromatic nitrogens is 2. The van der Waals surface area contributed by atoms with Gasteiger partial charge in [0.05, 0.1) is 0 Å². The van der Waals surface area contributed by atoms with E-state index in [1.54, 1.807) is 57.4 Å². The average molecular weight is 313 g/mol. The van der Waals surface area contributed by atoms with Crippen LogP contribution >= 0.6 is 0 Å². The summed E-state index contributed by atoms with van der Waals surface area (Å²) in [4.78, 5) is 28.5. The molecule has 2 aromatic rings. The molecule has 0 fully saturated rings. The number of carbonyl (C=O) groups excluding carboxylic acids is 1. The van der Waals surface area contributed by atoms with Crippen LogP contribution < -0.4 is 10.9 Å². The number of anilines is 1. The van der Waals surface area contributed by atoms with E-state index in [0.717, 1.165) is 5.56 Å². The highest BCUT2D eigenvalue weighted by molar-refractivity contribution is 5.84. The Hall–Kier alpha value is -2.89. The lowest BCUT2D eigenvalue weighted by atomic mass is 10.2. The molecule has 23 heavy (non-hydrogen) atoms. The molecule has 2 aromatic heterocycles. The first kappa shape index (κ1) is 16.5. The van der Waals surface area contributed by atoms with Crippen LogP contribution in [0.25, 0.3) is 11.9 Å². The summed E-state index contributed by atoms with van der Waals surface area (Å²) in [5.41, 5.74) is -0.0791. The van der Waals surface area contributed by atoms with Crippen molar-refractivity contribution in [2.24, 2.45) is 0 Å². The Morgan fingerprint density at radius 1 is 1.39 bits per heavy atom. The molecule has 120 valence electrons. The van der Waals surface area contributed by atoms with Gasteiger partial charge in [-0.3, -0.25) is 14.7 Å². The molecule has 6 heteroatoms. The van der Waals surface area contributed by atoms with Crippen LogP contribution in [0.15, 0.2) is 48.0 Å². The van der Waals surface area contributed by atoms with Crippen LogP contribution in [0.2, 0.25) is 0 Å². The van der Waals surface area contributed by atoms with Gasteiger partial charge >= 0.3 is 6.09 Å². The van der Waals surface area contributed by atoms with E-state index in [1.165, 1.54) is 10.6 Å². The smallest absolute Gasteiger partial charge is 0.412 e. The summed E-state index contributed by atoms with van der Waals surface area (Å²) in [6.07, 6.45) is 4.16. The SMILES string of the molecule is C=Cc1ccnc(-n2cccc(NC(=O)OC(C)(C)C)c2=O)c1. The van der Waals surface area contributed by atoms with Crippen LogP contribution in [0.4, 0.5) is 10.5 Å². The van der Waals surface area contributed by atoms with E-state index in [4.69, 9.17) is 4.74 Å². The van der Waals surface area contributed by atoms with Crippen molar-refractivity contribution >= 4 is 17.9 Å². The second kappa shape index (κ2) is 6.48. The molecule has 0 aliphatic rings. The molecule has 2 heterocycles. The molecule has 0 aromatic carbocycles. The number of carbonyl (C=O) groups is 1. The molecule has 0 unspecified atom stereocenters. The predicted molar refractivity (Wildman–Crippen MR) is 89.8 cm³/mol. The Morgan fingerprint density at radius 3 is 2.78 bits per heavy atom. The third-order valence-corrected chi connectivity index (χ3v) is 2.83. The molecular weight excluding hydrogens is 294 g/mol. The number of hydrogen-bond donors (Lipinski definition) is 1. The fourth-order valence-electron chi connectivity index (χ4n) is 1.88. The molecule has 2 rings (SSSR count). The van der Waals surface area contributed by atoms with E-state index in [2.05, 4.69) is 16.9 Å². The van der Waals surface area contributed by atoms with Gasteiger partial charge in [-0.2, -0.15) is 0 Å². The van der Waals surface area contributed by atoms with Gasteiger partial charge < -0.3 is 4.74 Å². The number of ether oxygens (including phenoxy) is 1. The van der Waals surface area contributed by atoms with Gasteiger partial charge in [-0.05, 0) is 50.6 Å². The van der Waals surface area contributed by atoms with Crippen molar-refractivity contribution in [3.05, 3.63) is 59.2 Å². The second-order valence-electron chi connectivity index (χ2n) is 5.88. The highest BCUT2D eigenvalue weighted by Crippen LogP contribution is 2.11. The normalized spacial score (nSPS) is 10.9. The number of hydrogen-bond acceptors (Lipinski definition) is 4. The Balaban J connectivity index is 2.33. The summed E-state index contributed by atoms with van der Waals surface area (Å²) in [6, 6.07) is 6.67. The second-order valence-corrected chi connectivity index (χ2v) is 5.88. The van der Waals surface area contributed by atoms with Crippen molar-refractivity contribution in [1.29, 1.82) is 0 Å². The molecule has 0 aliphatic heterocycles. The van der Waals surface area contributed by atoms with Crippen molar-refractivity contribution in [3.63, 3.8) is 0 Å². The van der Waals surface area contributed by atoms with E-state index >= 15 is 0 Å². The van der Waals surface area contributed by atoms with E-state index in [-0.39, 0.29) is 5.69 Å². The summed E-state index contributed by atoms with van der Waals surface area (Å²) in [7, 11) is 0. The first-order valence-electron chi connectivity index (χ1n) is 7.11. The molecule has 0 radical (unpaired) electrons. The predicted octanol–water partition coefficient (Wildman–Crippen LogP) is 3.22. The molecule has 0 spiro atoms. The van der Waals surface area contributed by atoms with Crippen molar-refractivity contribution in [3.8, 4) is 5.82 Å². The Kier molecular flexibility index (Phi) is 4.64. The maximum Gasteiger partial charge on any atom is 0.412 e. The number of nitrogens with zero attached hydrogens (tertiary/aromatic N) is 2. The van der Waals surface area contributed by atoms with Crippen LogP contribution in [0.3, 0.4) is 0 Å². The Morgan fingerprint density at radius 2 is 2.13 bits per heavy atom. The van der Waals surface area contributed by atoms with E-state index in [1.807, 2.05) is 0 Å². The lowest BCUT2D eigenvalue weighted by Crippen LogP contribution is -2.30. The minimum atomic E-state index is -0.680. The first-order chi connectivity index (χ1) is 10.8. The van der Waals surface area contributed by atoms with Crippen molar-refractivity contribution in [1.82, 2.24) is 9.55 Å². The van der Waals surface area contributed by atoms with Gasteiger partial charge in [0.15, 0.2) is 0 Å². The molecule has 0 aliphatic carbocycles. The monoisotopic (exact) mass is 313 g/mol. The Bertz CT molecular complexity index is 788. The topological polar surface area (TPSA) is 73.2 Å². The van der Waals surface area contributed by atoms with Crippen LogP contribution in [0, 0.1) is 0 Å². The third kappa shape index (κ3) is 4.29. The highest BCUT2D eigenvalue weighted by Gasteiger charge is 2.17. The van der Waals surface area contributed by atoms with Gasteiger partial charge in [-0.25, -0.2) is 9.78 Å². The van der Waals surface area contributed by atoms with Crippen molar-refractivity contribution in [2.45, 2.75) is 26.4 Å². The standard InChI is InChI=1S/C17H19N3O3/c1-5-12-8-9-18-14(11-12)20-10-6-7-13(15(20)21)19-16(22)23-17(2,3)4/h5-11H,1H2,2-4H3,(H,19,22). The summed E-state index contributed by atoms with van der Waals surface area (Å²) >= 11 is 0. The minimum Gasteiger partial charge on any atom is -0.444 e. The van der Waals surface area contributed by atoms with Gasteiger partial charge in [0.25, 0.3) is 5.56 Å². The summed E-state index contributed by atoms with van der Waals surface area (Å²) in [5, 5.41) is 2.46. The fourth-order valence-corrected chi connectivity index (χ4v) is 1.88. The quantitative estimate of drug-likeness (QED) is 0.944. The molecule has 0 atom stereocenters. The molecule has 0 saturated carbocycles. The highest BCUT2D eigenvalue weighted by atomic mass is 16.6. The lowest BCUT2D eigenvalue weighted by molar-refractivity contribution is 0.0635. The molecule has 0 saturated heterocycles. The van der Waals surface area contributed by atoms with Crippen molar-refractivity contribution < 1.29 is 9.53 Å². The molecule has 6 nitrogen and oxygen atoms in total. The zero-order valence-electron chi connectivity index (χ0n) is 13.4. The maximum absolute atomic E-state index is 12.5. The Labute approximate surface area is 134 Å². The lowest BCUT2D eigenvalue weighted by Gasteiger charge is -2.19. The summed E-state index contributed by atoms with van der Waals surface area (Å²) < 4.78 is 6.50. The van der Waals surface area contributed by atoms with Gasteiger partial charge in [0.1, 0.15) is 17.1 Å². The van der Waals surface area contributed by atoms with Crippen molar-refractivity contribution in [2.75, 3.05) is 5.32 Å². The first-order valence-corrected chi connectivity index (χ1v) is 7.11. The van der Waals surface area contributed by atoms with E-state index in [9.17, 15) is 9.59 Å². The van der Waals surface area contributed by atoms with E-state index in [0.29, 0.717) is 5.82 Å². The van der Waals surface area contributed by atoms with E-state index < -0.39 is 17.3 Å². The summed E-state index contributed by atoms with van der Waals surface area (Å²) in [5.74, 6) is 0.445. The minimum absolute atomic E-state index is 0.118. The molecule has 1 amide bonds. The largest absolute Gasteiger partial charge is 0.444 e. The van der Waals surface area contributed by atoms with Gasteiger partial charge in [0, 0.05) is 12.4 Å². The zero-order chi connectivity index (χ0) is 17.0. The molecule has 1 N–H and O–H groups in total. The maximum atomic E-state index is 12.5. The van der Waals surface area contributed by atoms with Crippen LogP contribution in [-0.2, 0) is 4.74 Å². The number of pyridine rings is 2. The fraction of sp³-hybridized carbons (Fsp3) is 0.235. The van der Waals surface area contributed by atoms with Crippen LogP contribution in [0.5, 0.6) is 0 Å². The van der Waals surface area contributed by atoms with Crippen LogP contribution in [0.1, 0.15) is 26.3 Å². The third-order valence-electron chi connectivity index (χ3n) is 2.83. The summed E-state index contributed by atoms with van der Waals surface area (Å²) in [6.45, 7) is 8.94. The van der Waals surface area contributed by atoms with Gasteiger partial charge in [-0.1, -0.05) is 12.7 Å². The number of amides is 1. The van der Waals surface area contributed by atoms with Gasteiger partial charge in [0.2, 0.25) is 0 Å². The average Bonchev–Trinajstić information content (AvgIpc) is 2.47. The zero-order valence-corrected chi connectivity index (χ0v) is 13.4. The number of nitrogens with one attached hydrogen (secondary N) is 1. The van der Waals surface area contributed by atoms with Gasteiger partial charge in [-0.15, -0.1) is 0 Å². The van der Waals surface area contributed by atoms with Crippen LogP contribution in [-0.4, -0.2) is 21.2 Å². The molecule has 0 bridgehead atoms. The molecular formula is C17H19N3O3. The number of rotatable bonds is 3.